The van der Waals surface area contributed by atoms with Crippen LogP contribution in [0.2, 0.25) is 0 Å². The van der Waals surface area contributed by atoms with Crippen molar-refractivity contribution in [1.29, 1.82) is 0 Å². The van der Waals surface area contributed by atoms with Crippen molar-refractivity contribution in [2.45, 2.75) is 25.3 Å². The van der Waals surface area contributed by atoms with Crippen LogP contribution in [-0.2, 0) is 4.79 Å². The number of hydrogen-bond acceptors (Lipinski definition) is 4. The monoisotopic (exact) mass is 162 g/mol. The van der Waals surface area contributed by atoms with Gasteiger partial charge in [0.05, 0.1) is 0 Å². The van der Waals surface area contributed by atoms with E-state index in [9.17, 15) is 4.79 Å². The predicted octanol–water partition coefficient (Wildman–Crippen LogP) is -0.453. The molecule has 0 aliphatic carbocycles. The van der Waals surface area contributed by atoms with Gasteiger partial charge in [-0.3, -0.25) is 4.79 Å². The lowest BCUT2D eigenvalue weighted by Gasteiger charge is -2.04. The van der Waals surface area contributed by atoms with Crippen LogP contribution >= 0.6 is 0 Å². The van der Waals surface area contributed by atoms with Crippen LogP contribution in [-0.4, -0.2) is 28.9 Å². The molecule has 0 aromatic carbocycles. The SMILES string of the molecule is N[C@H](CCCCNO)C(=O)O. The standard InChI is InChI=1S/C6H14N2O3/c7-5(6(9)10)3-1-2-4-8-11/h5,8,11H,1-4,7H2,(H,9,10)/t5-/m1/s1. The number of nitrogens with two attached hydrogens (primary N) is 1. The summed E-state index contributed by atoms with van der Waals surface area (Å²) in [7, 11) is 0. The van der Waals surface area contributed by atoms with Gasteiger partial charge >= 0.3 is 5.97 Å². The molecule has 5 N–H and O–H groups in total. The van der Waals surface area contributed by atoms with Crippen molar-refractivity contribution >= 4 is 5.97 Å². The second-order valence-corrected chi connectivity index (χ2v) is 2.35. The first kappa shape index (κ1) is 10.3. The molecule has 5 heteroatoms. The van der Waals surface area contributed by atoms with Crippen LogP contribution in [0.25, 0.3) is 0 Å². The molecule has 11 heavy (non-hydrogen) atoms. The minimum absolute atomic E-state index is 0.455. The Morgan fingerprint density at radius 2 is 2.18 bits per heavy atom. The quantitative estimate of drug-likeness (QED) is 0.313. The van der Waals surface area contributed by atoms with E-state index in [-0.39, 0.29) is 0 Å². The molecule has 0 spiro atoms. The topological polar surface area (TPSA) is 95.6 Å². The molecule has 1 atom stereocenters. The highest BCUT2D eigenvalue weighted by Crippen LogP contribution is 1.97. The van der Waals surface area contributed by atoms with Gasteiger partial charge in [0.1, 0.15) is 6.04 Å². The normalized spacial score (nSPS) is 12.9. The molecule has 0 unspecified atom stereocenters. The van der Waals surface area contributed by atoms with Crippen LogP contribution in [0.1, 0.15) is 19.3 Å². The lowest BCUT2D eigenvalue weighted by molar-refractivity contribution is -0.138. The molecule has 0 amide bonds. The smallest absolute Gasteiger partial charge is 0.320 e. The van der Waals surface area contributed by atoms with Crippen LogP contribution < -0.4 is 11.2 Å². The van der Waals surface area contributed by atoms with Gasteiger partial charge in [0, 0.05) is 6.54 Å². The molecule has 0 radical (unpaired) electrons. The molecular formula is C6H14N2O3. The summed E-state index contributed by atoms with van der Waals surface area (Å²) in [6.45, 7) is 0.479. The Morgan fingerprint density at radius 1 is 1.55 bits per heavy atom. The number of rotatable bonds is 6. The largest absolute Gasteiger partial charge is 0.480 e. The highest BCUT2D eigenvalue weighted by molar-refractivity contribution is 5.72. The molecule has 66 valence electrons. The van der Waals surface area contributed by atoms with Crippen LogP contribution in [0, 0.1) is 0 Å². The summed E-state index contributed by atoms with van der Waals surface area (Å²) in [5.41, 5.74) is 7.20. The first-order valence-corrected chi connectivity index (χ1v) is 3.54. The molecule has 0 fully saturated rings. The average molecular weight is 162 g/mol. The Labute approximate surface area is 65.2 Å². The van der Waals surface area contributed by atoms with Gasteiger partial charge in [0.15, 0.2) is 0 Å². The summed E-state index contributed by atoms with van der Waals surface area (Å²) < 4.78 is 0. The predicted molar refractivity (Wildman–Crippen MR) is 39.3 cm³/mol. The molecule has 0 heterocycles. The van der Waals surface area contributed by atoms with Crippen LogP contribution in [0.5, 0.6) is 0 Å². The van der Waals surface area contributed by atoms with E-state index in [1.165, 1.54) is 0 Å². The summed E-state index contributed by atoms with van der Waals surface area (Å²) in [6.07, 6.45) is 1.90. The molecule has 0 aromatic heterocycles. The number of carboxylic acids is 1. The first-order chi connectivity index (χ1) is 5.18. The number of nitrogens with one attached hydrogen (secondary N) is 1. The van der Waals surface area contributed by atoms with Crippen LogP contribution in [0.15, 0.2) is 0 Å². The highest BCUT2D eigenvalue weighted by atomic mass is 16.5. The zero-order valence-corrected chi connectivity index (χ0v) is 6.29. The average Bonchev–Trinajstić information content (AvgIpc) is 1.97. The van der Waals surface area contributed by atoms with Crippen LogP contribution in [0.4, 0.5) is 0 Å². The summed E-state index contributed by atoms with van der Waals surface area (Å²) in [4.78, 5) is 10.2. The number of hydrogen-bond donors (Lipinski definition) is 4. The van der Waals surface area contributed by atoms with Gasteiger partial charge < -0.3 is 16.0 Å². The van der Waals surface area contributed by atoms with E-state index in [0.29, 0.717) is 19.4 Å². The summed E-state index contributed by atoms with van der Waals surface area (Å²) in [5.74, 6) is -0.970. The van der Waals surface area contributed by atoms with Crippen molar-refractivity contribution in [2.24, 2.45) is 5.73 Å². The third-order valence-corrected chi connectivity index (χ3v) is 1.37. The minimum atomic E-state index is -0.970. The molecule has 0 bridgehead atoms. The van der Waals surface area contributed by atoms with Crippen LogP contribution in [0.3, 0.4) is 0 Å². The summed E-state index contributed by atoms with van der Waals surface area (Å²) in [5, 5.41) is 16.5. The zero-order valence-electron chi connectivity index (χ0n) is 6.29. The van der Waals surface area contributed by atoms with E-state index >= 15 is 0 Å². The molecule has 0 saturated heterocycles. The lowest BCUT2D eigenvalue weighted by Crippen LogP contribution is -2.29. The Hall–Kier alpha value is -0.650. The van der Waals surface area contributed by atoms with E-state index in [2.05, 4.69) is 0 Å². The molecule has 0 aromatic rings. The van der Waals surface area contributed by atoms with Gasteiger partial charge in [-0.15, -0.1) is 0 Å². The Bertz CT molecular complexity index is 118. The molecule has 0 aliphatic rings. The van der Waals surface area contributed by atoms with Crippen molar-refractivity contribution in [3.05, 3.63) is 0 Å². The summed E-state index contributed by atoms with van der Waals surface area (Å²) >= 11 is 0. The highest BCUT2D eigenvalue weighted by Gasteiger charge is 2.09. The second-order valence-electron chi connectivity index (χ2n) is 2.35. The van der Waals surface area contributed by atoms with Gasteiger partial charge in [-0.05, 0) is 19.3 Å². The van der Waals surface area contributed by atoms with Gasteiger partial charge in [0.2, 0.25) is 0 Å². The van der Waals surface area contributed by atoms with Gasteiger partial charge in [0.25, 0.3) is 0 Å². The maximum atomic E-state index is 10.2. The number of hydroxylamine groups is 1. The number of carboxylic acid groups (broad SMARTS) is 1. The Morgan fingerprint density at radius 3 is 2.64 bits per heavy atom. The minimum Gasteiger partial charge on any atom is -0.480 e. The zero-order chi connectivity index (χ0) is 8.69. The van der Waals surface area contributed by atoms with Gasteiger partial charge in [-0.25, -0.2) is 5.48 Å². The van der Waals surface area contributed by atoms with Gasteiger partial charge in [-0.1, -0.05) is 0 Å². The summed E-state index contributed by atoms with van der Waals surface area (Å²) in [6, 6.07) is -0.770. The van der Waals surface area contributed by atoms with E-state index in [1.54, 1.807) is 0 Å². The fourth-order valence-electron chi connectivity index (χ4n) is 0.692. The third kappa shape index (κ3) is 5.78. The van der Waals surface area contributed by atoms with Gasteiger partial charge in [-0.2, -0.15) is 0 Å². The number of carbonyl (C=O) groups is 1. The Kier molecular flexibility index (Phi) is 5.73. The number of unbranched alkanes of at least 4 members (excludes halogenated alkanes) is 1. The third-order valence-electron chi connectivity index (χ3n) is 1.37. The number of aliphatic carboxylic acids is 1. The second kappa shape index (κ2) is 6.09. The van der Waals surface area contributed by atoms with Crippen molar-refractivity contribution in [3.63, 3.8) is 0 Å². The fourth-order valence-corrected chi connectivity index (χ4v) is 0.692. The van der Waals surface area contributed by atoms with E-state index in [1.807, 2.05) is 5.48 Å². The van der Waals surface area contributed by atoms with Crippen molar-refractivity contribution < 1.29 is 15.1 Å². The van der Waals surface area contributed by atoms with E-state index in [0.717, 1.165) is 6.42 Å². The molecule has 0 saturated carbocycles. The van der Waals surface area contributed by atoms with Crippen molar-refractivity contribution in [2.75, 3.05) is 6.54 Å². The fraction of sp³-hybridized carbons (Fsp3) is 0.833. The molecule has 0 rings (SSSR count). The Balaban J connectivity index is 3.17. The van der Waals surface area contributed by atoms with Crippen molar-refractivity contribution in [3.8, 4) is 0 Å². The molecule has 0 aliphatic heterocycles. The van der Waals surface area contributed by atoms with Crippen molar-refractivity contribution in [1.82, 2.24) is 5.48 Å². The molecular weight excluding hydrogens is 148 g/mol. The van der Waals surface area contributed by atoms with E-state index in [4.69, 9.17) is 16.0 Å². The lowest BCUT2D eigenvalue weighted by atomic mass is 10.1. The molecule has 5 nitrogen and oxygen atoms in total. The first-order valence-electron chi connectivity index (χ1n) is 3.54. The maximum Gasteiger partial charge on any atom is 0.320 e. The van der Waals surface area contributed by atoms with E-state index < -0.39 is 12.0 Å². The maximum absolute atomic E-state index is 10.2.